The highest BCUT2D eigenvalue weighted by molar-refractivity contribution is 5.98. The van der Waals surface area contributed by atoms with Gasteiger partial charge in [-0.2, -0.15) is 5.26 Å². The Morgan fingerprint density at radius 1 is 1.50 bits per heavy atom. The van der Waals surface area contributed by atoms with Crippen LogP contribution in [0.2, 0.25) is 0 Å². The number of hydrogen-bond donors (Lipinski definition) is 2. The summed E-state index contributed by atoms with van der Waals surface area (Å²) < 4.78 is 5.45. The Morgan fingerprint density at radius 2 is 2.22 bits per heavy atom. The summed E-state index contributed by atoms with van der Waals surface area (Å²) in [6.07, 6.45) is -0.480. The predicted molar refractivity (Wildman–Crippen MR) is 68.5 cm³/mol. The van der Waals surface area contributed by atoms with E-state index in [0.717, 1.165) is 5.69 Å². The molecule has 0 saturated carbocycles. The number of carbonyl (C=O) groups is 1. The maximum atomic E-state index is 11.5. The van der Waals surface area contributed by atoms with E-state index in [2.05, 4.69) is 16.7 Å². The summed E-state index contributed by atoms with van der Waals surface area (Å²) in [7, 11) is 0. The highest BCUT2D eigenvalue weighted by Gasteiger charge is 2.24. The summed E-state index contributed by atoms with van der Waals surface area (Å²) in [5.74, 6) is 0.474. The molecule has 0 radical (unpaired) electrons. The van der Waals surface area contributed by atoms with E-state index >= 15 is 0 Å². The number of anilines is 2. The second kappa shape index (κ2) is 4.22. The maximum absolute atomic E-state index is 11.5. The van der Waals surface area contributed by atoms with Crippen LogP contribution in [0.25, 0.3) is 0 Å². The Hall–Kier alpha value is -2.22. The van der Waals surface area contributed by atoms with Crippen molar-refractivity contribution in [3.63, 3.8) is 0 Å². The van der Waals surface area contributed by atoms with Crippen molar-refractivity contribution in [2.24, 2.45) is 0 Å². The van der Waals surface area contributed by atoms with Crippen molar-refractivity contribution in [2.45, 2.75) is 32.4 Å². The van der Waals surface area contributed by atoms with Gasteiger partial charge in [0.05, 0.1) is 11.8 Å². The molecule has 1 aromatic rings. The lowest BCUT2D eigenvalue weighted by Gasteiger charge is -2.25. The molecule has 5 heteroatoms. The number of benzene rings is 1. The molecule has 18 heavy (non-hydrogen) atoms. The van der Waals surface area contributed by atoms with E-state index in [-0.39, 0.29) is 5.91 Å². The lowest BCUT2D eigenvalue weighted by atomic mass is 10.1. The maximum Gasteiger partial charge on any atom is 0.265 e. The average molecular weight is 245 g/mol. The number of hydrogen-bond acceptors (Lipinski definition) is 4. The van der Waals surface area contributed by atoms with E-state index in [9.17, 15) is 4.79 Å². The smallest absolute Gasteiger partial charge is 0.265 e. The van der Waals surface area contributed by atoms with Gasteiger partial charge >= 0.3 is 0 Å². The van der Waals surface area contributed by atoms with Crippen LogP contribution in [-0.4, -0.2) is 17.6 Å². The number of carbonyl (C=O) groups excluding carboxylic acids is 1. The van der Waals surface area contributed by atoms with Gasteiger partial charge in [0.2, 0.25) is 0 Å². The molecule has 0 bridgehead atoms. The van der Waals surface area contributed by atoms with Crippen LogP contribution in [0.4, 0.5) is 11.4 Å². The van der Waals surface area contributed by atoms with Gasteiger partial charge in [0, 0.05) is 5.69 Å². The van der Waals surface area contributed by atoms with Gasteiger partial charge in [-0.05, 0) is 39.0 Å². The Kier molecular flexibility index (Phi) is 2.87. The zero-order valence-corrected chi connectivity index (χ0v) is 10.6. The summed E-state index contributed by atoms with van der Waals surface area (Å²) in [5, 5.41) is 14.8. The van der Waals surface area contributed by atoms with Crippen LogP contribution in [0.5, 0.6) is 5.75 Å². The van der Waals surface area contributed by atoms with Crippen LogP contribution in [0, 0.1) is 11.3 Å². The van der Waals surface area contributed by atoms with Gasteiger partial charge in [-0.25, -0.2) is 0 Å². The van der Waals surface area contributed by atoms with Crippen molar-refractivity contribution >= 4 is 17.3 Å². The summed E-state index contributed by atoms with van der Waals surface area (Å²) >= 11 is 0. The first-order valence-electron chi connectivity index (χ1n) is 5.72. The predicted octanol–water partition coefficient (Wildman–Crippen LogP) is 2.12. The standard InChI is InChI=1S/C13H15N3O2/c1-8-12(17)15-10-6-9(4-5-11(10)18-8)16-13(2,3)7-14/h4-6,8,16H,1-3H3,(H,15,17). The third-order valence-corrected chi connectivity index (χ3v) is 2.65. The van der Waals surface area contributed by atoms with Crippen molar-refractivity contribution in [2.75, 3.05) is 10.6 Å². The second-order valence-corrected chi connectivity index (χ2v) is 4.82. The number of nitrogens with one attached hydrogen (secondary N) is 2. The van der Waals surface area contributed by atoms with Crippen LogP contribution in [0.1, 0.15) is 20.8 Å². The topological polar surface area (TPSA) is 74.2 Å². The molecule has 0 spiro atoms. The lowest BCUT2D eigenvalue weighted by molar-refractivity contribution is -0.122. The number of nitriles is 1. The first kappa shape index (κ1) is 12.2. The summed E-state index contributed by atoms with van der Waals surface area (Å²) in [6.45, 7) is 5.26. The Balaban J connectivity index is 2.26. The first-order chi connectivity index (χ1) is 8.41. The molecule has 0 aromatic heterocycles. The molecular formula is C13H15N3O2. The number of rotatable bonds is 2. The summed E-state index contributed by atoms with van der Waals surface area (Å²) in [4.78, 5) is 11.5. The van der Waals surface area contributed by atoms with Crippen molar-refractivity contribution < 1.29 is 9.53 Å². The Morgan fingerprint density at radius 3 is 2.89 bits per heavy atom. The highest BCUT2D eigenvalue weighted by Crippen LogP contribution is 2.32. The van der Waals surface area contributed by atoms with Gasteiger partial charge in [-0.1, -0.05) is 0 Å². The molecule has 5 nitrogen and oxygen atoms in total. The normalized spacial score (nSPS) is 18.1. The summed E-state index contributed by atoms with van der Waals surface area (Å²) in [5.41, 5.74) is 0.719. The number of fused-ring (bicyclic) bond motifs is 1. The van der Waals surface area contributed by atoms with Gasteiger partial charge in [0.15, 0.2) is 6.10 Å². The number of ether oxygens (including phenoxy) is 1. The molecule has 0 saturated heterocycles. The lowest BCUT2D eigenvalue weighted by Crippen LogP contribution is -2.34. The van der Waals surface area contributed by atoms with Crippen molar-refractivity contribution in [3.8, 4) is 11.8 Å². The molecule has 1 heterocycles. The van der Waals surface area contributed by atoms with Gasteiger partial charge in [-0.3, -0.25) is 4.79 Å². The molecule has 1 unspecified atom stereocenters. The molecule has 1 aromatic carbocycles. The molecule has 0 fully saturated rings. The highest BCUT2D eigenvalue weighted by atomic mass is 16.5. The van der Waals surface area contributed by atoms with Crippen LogP contribution >= 0.6 is 0 Å². The van der Waals surface area contributed by atoms with Crippen LogP contribution < -0.4 is 15.4 Å². The molecule has 1 amide bonds. The van der Waals surface area contributed by atoms with E-state index in [0.29, 0.717) is 11.4 Å². The van der Waals surface area contributed by atoms with E-state index < -0.39 is 11.6 Å². The molecule has 1 atom stereocenters. The van der Waals surface area contributed by atoms with E-state index in [4.69, 9.17) is 10.00 Å². The molecule has 2 N–H and O–H groups in total. The largest absolute Gasteiger partial charge is 0.479 e. The second-order valence-electron chi connectivity index (χ2n) is 4.82. The van der Waals surface area contributed by atoms with E-state index in [1.165, 1.54) is 0 Å². The number of amides is 1. The van der Waals surface area contributed by atoms with Gasteiger partial charge in [0.25, 0.3) is 5.91 Å². The van der Waals surface area contributed by atoms with Crippen LogP contribution in [-0.2, 0) is 4.79 Å². The molecule has 0 aliphatic carbocycles. The summed E-state index contributed by atoms with van der Waals surface area (Å²) in [6, 6.07) is 7.52. The minimum absolute atomic E-state index is 0.167. The van der Waals surface area contributed by atoms with E-state index in [1.54, 1.807) is 32.9 Å². The van der Waals surface area contributed by atoms with Crippen molar-refractivity contribution in [3.05, 3.63) is 18.2 Å². The van der Waals surface area contributed by atoms with Crippen LogP contribution in [0.15, 0.2) is 18.2 Å². The van der Waals surface area contributed by atoms with Crippen LogP contribution in [0.3, 0.4) is 0 Å². The fourth-order valence-electron chi connectivity index (χ4n) is 1.68. The SMILES string of the molecule is CC1Oc2ccc(NC(C)(C)C#N)cc2NC1=O. The zero-order valence-electron chi connectivity index (χ0n) is 10.6. The third-order valence-electron chi connectivity index (χ3n) is 2.65. The molecule has 2 rings (SSSR count). The monoisotopic (exact) mass is 245 g/mol. The molecule has 94 valence electrons. The molecular weight excluding hydrogens is 230 g/mol. The van der Waals surface area contributed by atoms with Crippen molar-refractivity contribution in [1.82, 2.24) is 0 Å². The van der Waals surface area contributed by atoms with E-state index in [1.807, 2.05) is 6.07 Å². The fraction of sp³-hybridized carbons (Fsp3) is 0.385. The Bertz CT molecular complexity index is 532. The molecule has 1 aliphatic heterocycles. The minimum atomic E-state index is -0.666. The Labute approximate surface area is 106 Å². The fourth-order valence-corrected chi connectivity index (χ4v) is 1.68. The third kappa shape index (κ3) is 2.38. The minimum Gasteiger partial charge on any atom is -0.479 e. The average Bonchev–Trinajstić information content (AvgIpc) is 2.31. The van der Waals surface area contributed by atoms with Gasteiger partial charge in [0.1, 0.15) is 11.3 Å². The molecule has 1 aliphatic rings. The zero-order chi connectivity index (χ0) is 13.3. The quantitative estimate of drug-likeness (QED) is 0.837. The van der Waals surface area contributed by atoms with Crippen molar-refractivity contribution in [1.29, 1.82) is 5.26 Å². The van der Waals surface area contributed by atoms with Gasteiger partial charge < -0.3 is 15.4 Å². The van der Waals surface area contributed by atoms with Gasteiger partial charge in [-0.15, -0.1) is 0 Å². The number of nitrogens with zero attached hydrogens (tertiary/aromatic N) is 1. The first-order valence-corrected chi connectivity index (χ1v) is 5.72.